The highest BCUT2D eigenvalue weighted by atomic mass is 16.6. The second-order valence-electron chi connectivity index (χ2n) is 8.99. The third-order valence-corrected chi connectivity index (χ3v) is 5.39. The molecule has 0 saturated carbocycles. The zero-order valence-electron chi connectivity index (χ0n) is 23.4. The summed E-state index contributed by atoms with van der Waals surface area (Å²) in [5, 5.41) is 48.5. The van der Waals surface area contributed by atoms with Crippen molar-refractivity contribution >= 4 is 41.2 Å². The Labute approximate surface area is 246 Å². The second-order valence-corrected chi connectivity index (χ2v) is 8.99. The maximum atomic E-state index is 10.8. The lowest BCUT2D eigenvalue weighted by Gasteiger charge is -2.07. The van der Waals surface area contributed by atoms with Crippen LogP contribution in [-0.4, -0.2) is 79.8 Å². The van der Waals surface area contributed by atoms with Gasteiger partial charge in [0.05, 0.1) is 11.3 Å². The Balaban J connectivity index is 0.000000554. The first kappa shape index (κ1) is 37.9. The smallest absolute Gasteiger partial charge is 0.325 e. The maximum Gasteiger partial charge on any atom is 0.325 e. The second kappa shape index (κ2) is 20.7. The van der Waals surface area contributed by atoms with E-state index in [2.05, 4.69) is 10.6 Å². The molecule has 0 spiro atoms. The van der Waals surface area contributed by atoms with Crippen LogP contribution in [0.3, 0.4) is 0 Å². The first-order chi connectivity index (χ1) is 20.1. The van der Waals surface area contributed by atoms with Crippen molar-refractivity contribution in [3.05, 3.63) is 70.3 Å². The van der Waals surface area contributed by atoms with E-state index in [0.29, 0.717) is 12.1 Å². The van der Waals surface area contributed by atoms with Crippen LogP contribution in [-0.2, 0) is 30.4 Å². The molecule has 2 aromatic rings. The van der Waals surface area contributed by atoms with Crippen molar-refractivity contribution < 1.29 is 49.3 Å². The van der Waals surface area contributed by atoms with Gasteiger partial charge in [0.1, 0.15) is 18.1 Å². The first-order valence-electron chi connectivity index (χ1n) is 12.9. The van der Waals surface area contributed by atoms with Gasteiger partial charge in [0.25, 0.3) is 5.69 Å². The van der Waals surface area contributed by atoms with Crippen LogP contribution in [0, 0.1) is 10.1 Å². The van der Waals surface area contributed by atoms with Gasteiger partial charge in [-0.05, 0) is 50.4 Å². The van der Waals surface area contributed by atoms with Gasteiger partial charge in [0.15, 0.2) is 0 Å². The number of benzene rings is 2. The maximum absolute atomic E-state index is 10.8. The van der Waals surface area contributed by atoms with E-state index in [4.69, 9.17) is 31.9 Å². The van der Waals surface area contributed by atoms with Crippen LogP contribution in [0.15, 0.2) is 54.6 Å². The summed E-state index contributed by atoms with van der Waals surface area (Å²) >= 11 is 0. The van der Waals surface area contributed by atoms with Crippen molar-refractivity contribution in [1.82, 2.24) is 10.6 Å². The van der Waals surface area contributed by atoms with E-state index in [-0.39, 0.29) is 24.6 Å². The molecule has 0 radical (unpaired) electrons. The Kier molecular flexibility index (Phi) is 18.3. The van der Waals surface area contributed by atoms with Gasteiger partial charge in [-0.25, -0.2) is 0 Å². The zero-order valence-corrected chi connectivity index (χ0v) is 23.4. The summed E-state index contributed by atoms with van der Waals surface area (Å²) in [6.07, 6.45) is 1.67. The van der Waals surface area contributed by atoms with Gasteiger partial charge in [-0.2, -0.15) is 0 Å². The molecule has 16 heteroatoms. The summed E-state index contributed by atoms with van der Waals surface area (Å²) < 4.78 is 0. The van der Waals surface area contributed by atoms with Crippen molar-refractivity contribution in [1.29, 1.82) is 0 Å². The van der Waals surface area contributed by atoms with Crippen LogP contribution in [0.25, 0.3) is 0 Å². The Morgan fingerprint density at radius 1 is 0.977 bits per heavy atom. The van der Waals surface area contributed by atoms with Gasteiger partial charge in [-0.15, -0.1) is 0 Å². The van der Waals surface area contributed by atoms with Gasteiger partial charge in [0, 0.05) is 24.2 Å². The molecule has 1 aliphatic rings. The standard InChI is InChI=1S/C9H11NO2.C7H11NO5.C6H6N2O2.C5H9NO2/c10-8(9(11)12)6-7-4-2-1-3-5-7;1-4(7(12)13)8-5(9)2-3-6(10)11;7-5-1-3-6(4-2-5)8(9)10;7-5(8)4-2-1-3-6-4/h1-5,8H,6,10H2,(H,11,12);4H,2-3H2,1H3,(H,8,9)(H,10,11)(H,12,13);1-4H,7H2;4,6H,1-3H2,(H,7,8)/t8-;4-;;4-/m00.0/s1. The van der Waals surface area contributed by atoms with Gasteiger partial charge in [-0.3, -0.25) is 34.1 Å². The number of nitrogen functional groups attached to an aromatic ring is 1. The quantitative estimate of drug-likeness (QED) is 0.107. The summed E-state index contributed by atoms with van der Waals surface area (Å²) in [5.41, 5.74) is 12.2. The molecule has 2 aromatic carbocycles. The van der Waals surface area contributed by atoms with Crippen molar-refractivity contribution in [2.24, 2.45) is 5.73 Å². The molecule has 0 aliphatic carbocycles. The molecule has 43 heavy (non-hydrogen) atoms. The lowest BCUT2D eigenvalue weighted by atomic mass is 10.1. The fourth-order valence-electron chi connectivity index (χ4n) is 3.04. The van der Waals surface area contributed by atoms with Crippen LogP contribution in [0.2, 0.25) is 0 Å². The molecule has 0 bridgehead atoms. The summed E-state index contributed by atoms with van der Waals surface area (Å²) in [6.45, 7) is 2.16. The van der Waals surface area contributed by atoms with E-state index in [0.717, 1.165) is 24.9 Å². The molecular formula is C27H37N5O11. The highest BCUT2D eigenvalue weighted by Gasteiger charge is 2.20. The molecule has 1 amide bonds. The molecule has 0 unspecified atom stereocenters. The van der Waals surface area contributed by atoms with Crippen LogP contribution in [0.1, 0.15) is 38.2 Å². The molecule has 1 heterocycles. The summed E-state index contributed by atoms with van der Waals surface area (Å²) in [4.78, 5) is 61.2. The Morgan fingerprint density at radius 2 is 1.56 bits per heavy atom. The Hall–Kier alpha value is -5.09. The summed E-state index contributed by atoms with van der Waals surface area (Å²) in [5.74, 6) is -4.49. The van der Waals surface area contributed by atoms with E-state index < -0.39 is 46.8 Å². The molecule has 10 N–H and O–H groups in total. The number of nitro groups is 1. The highest BCUT2D eigenvalue weighted by molar-refractivity contribution is 5.85. The Morgan fingerprint density at radius 3 is 1.95 bits per heavy atom. The van der Waals surface area contributed by atoms with Gasteiger partial charge in [-0.1, -0.05) is 30.3 Å². The van der Waals surface area contributed by atoms with Crippen molar-refractivity contribution in [2.75, 3.05) is 12.3 Å². The number of hydrogen-bond acceptors (Lipinski definition) is 10. The average molecular weight is 608 g/mol. The number of carboxylic acids is 4. The van der Waals surface area contributed by atoms with Crippen LogP contribution in [0.5, 0.6) is 0 Å². The molecule has 3 atom stereocenters. The Bertz CT molecular complexity index is 1190. The van der Waals surface area contributed by atoms with Crippen molar-refractivity contribution in [2.45, 2.75) is 57.2 Å². The van der Waals surface area contributed by atoms with Crippen LogP contribution < -0.4 is 22.1 Å². The number of nitrogens with two attached hydrogens (primary N) is 2. The minimum atomic E-state index is -1.15. The third kappa shape index (κ3) is 18.8. The van der Waals surface area contributed by atoms with Gasteiger partial charge >= 0.3 is 23.9 Å². The number of nitrogens with zero attached hydrogens (tertiary/aromatic N) is 1. The number of non-ortho nitro benzene ring substituents is 1. The normalized spacial score (nSPS) is 14.4. The predicted molar refractivity (Wildman–Crippen MR) is 154 cm³/mol. The minimum Gasteiger partial charge on any atom is -0.481 e. The highest BCUT2D eigenvalue weighted by Crippen LogP contribution is 2.12. The van der Waals surface area contributed by atoms with Crippen molar-refractivity contribution in [3.63, 3.8) is 0 Å². The number of anilines is 1. The van der Waals surface area contributed by atoms with Gasteiger partial charge in [0.2, 0.25) is 5.91 Å². The van der Waals surface area contributed by atoms with Crippen molar-refractivity contribution in [3.8, 4) is 0 Å². The third-order valence-electron chi connectivity index (χ3n) is 5.39. The minimum absolute atomic E-state index is 0.0641. The first-order valence-corrected chi connectivity index (χ1v) is 12.9. The van der Waals surface area contributed by atoms with E-state index in [1.807, 2.05) is 30.3 Å². The van der Waals surface area contributed by atoms with Gasteiger partial charge < -0.3 is 42.5 Å². The van der Waals surface area contributed by atoms with Crippen LogP contribution >= 0.6 is 0 Å². The molecule has 1 saturated heterocycles. The monoisotopic (exact) mass is 607 g/mol. The molecule has 1 fully saturated rings. The number of aliphatic carboxylic acids is 4. The summed E-state index contributed by atoms with van der Waals surface area (Å²) in [6, 6.07) is 13.0. The number of carbonyl (C=O) groups excluding carboxylic acids is 1. The summed E-state index contributed by atoms with van der Waals surface area (Å²) in [7, 11) is 0. The van der Waals surface area contributed by atoms with E-state index in [1.54, 1.807) is 0 Å². The molecule has 0 aromatic heterocycles. The number of amides is 1. The number of rotatable bonds is 10. The number of nitrogens with one attached hydrogen (secondary N) is 2. The number of carboxylic acid groups (broad SMARTS) is 4. The zero-order chi connectivity index (χ0) is 32.9. The molecule has 3 rings (SSSR count). The average Bonchev–Trinajstić information content (AvgIpc) is 3.49. The van der Waals surface area contributed by atoms with E-state index >= 15 is 0 Å². The lowest BCUT2D eigenvalue weighted by Crippen LogP contribution is -2.38. The molecule has 16 nitrogen and oxygen atoms in total. The largest absolute Gasteiger partial charge is 0.481 e. The lowest BCUT2D eigenvalue weighted by molar-refractivity contribution is -0.384. The molecular weight excluding hydrogens is 570 g/mol. The molecule has 236 valence electrons. The number of carbonyl (C=O) groups is 5. The molecule has 1 aliphatic heterocycles. The van der Waals surface area contributed by atoms with E-state index in [1.165, 1.54) is 31.2 Å². The SMILES string of the molecule is C[C@H](NC(=O)CCC(=O)O)C(=O)O.N[C@@H](Cc1ccccc1)C(=O)O.Nc1ccc([N+](=O)[O-])cc1.O=C(O)[C@@H]1CCCN1. The van der Waals surface area contributed by atoms with Crippen LogP contribution in [0.4, 0.5) is 11.4 Å². The van der Waals surface area contributed by atoms with E-state index in [9.17, 15) is 34.1 Å². The fourth-order valence-corrected chi connectivity index (χ4v) is 3.04. The predicted octanol–water partition coefficient (Wildman–Crippen LogP) is 1.08. The fraction of sp³-hybridized carbons (Fsp3) is 0.370. The number of nitro benzene ring substituents is 1. The number of hydrogen-bond donors (Lipinski definition) is 8. The topological polar surface area (TPSA) is 286 Å².